The standard InChI is InChI=1S/C28H23N3O4/c1-18(32)35-28-25(15-20-10-12-22(33)13-11-20)30-27-24(14-19-6-3-2-4-7-19)29-26(17-31(27)28)21-8-5-9-23(34)16-21/h2-13,16-17,33-34H,14-15H2,1H3. The Morgan fingerprint density at radius 3 is 2.26 bits per heavy atom. The summed E-state index contributed by atoms with van der Waals surface area (Å²) in [4.78, 5) is 21.8. The number of rotatable bonds is 6. The van der Waals surface area contributed by atoms with Crippen LogP contribution in [0, 0.1) is 0 Å². The minimum atomic E-state index is -0.459. The molecule has 0 radical (unpaired) electrons. The molecule has 174 valence electrons. The average molecular weight is 466 g/mol. The number of carbonyl (C=O) groups is 1. The fourth-order valence-corrected chi connectivity index (χ4v) is 4.01. The van der Waals surface area contributed by atoms with Gasteiger partial charge in [0.1, 0.15) is 17.2 Å². The van der Waals surface area contributed by atoms with Crippen molar-refractivity contribution < 1.29 is 19.7 Å². The van der Waals surface area contributed by atoms with E-state index in [-0.39, 0.29) is 11.5 Å². The van der Waals surface area contributed by atoms with Crippen molar-refractivity contribution in [1.29, 1.82) is 0 Å². The molecule has 0 amide bonds. The number of benzene rings is 3. The van der Waals surface area contributed by atoms with E-state index in [0.29, 0.717) is 41.5 Å². The van der Waals surface area contributed by atoms with E-state index in [1.165, 1.54) is 6.92 Å². The molecule has 7 heteroatoms. The van der Waals surface area contributed by atoms with Crippen LogP contribution in [0.2, 0.25) is 0 Å². The van der Waals surface area contributed by atoms with Gasteiger partial charge in [0, 0.05) is 31.5 Å². The van der Waals surface area contributed by atoms with Crippen LogP contribution in [0.1, 0.15) is 29.4 Å². The van der Waals surface area contributed by atoms with Crippen LogP contribution in [-0.2, 0) is 17.6 Å². The SMILES string of the molecule is CC(=O)Oc1c(Cc2ccc(O)cc2)nc2c(Cc3ccccc3)nc(-c3cccc(O)c3)cn12. The molecule has 3 aromatic carbocycles. The molecule has 35 heavy (non-hydrogen) atoms. The van der Waals surface area contributed by atoms with E-state index in [1.807, 2.05) is 36.4 Å². The second-order valence-electron chi connectivity index (χ2n) is 8.28. The third kappa shape index (κ3) is 4.84. The fourth-order valence-electron chi connectivity index (χ4n) is 4.01. The first-order chi connectivity index (χ1) is 17.0. The van der Waals surface area contributed by atoms with Crippen LogP contribution >= 0.6 is 0 Å². The number of aromatic hydroxyl groups is 2. The lowest BCUT2D eigenvalue weighted by Gasteiger charge is -2.10. The number of fused-ring (bicyclic) bond motifs is 1. The quantitative estimate of drug-likeness (QED) is 0.346. The fraction of sp³-hybridized carbons (Fsp3) is 0.107. The Bertz CT molecular complexity index is 1510. The van der Waals surface area contributed by atoms with Gasteiger partial charge in [0.2, 0.25) is 5.88 Å². The maximum absolute atomic E-state index is 12.0. The van der Waals surface area contributed by atoms with Gasteiger partial charge < -0.3 is 14.9 Å². The van der Waals surface area contributed by atoms with Gasteiger partial charge in [-0.2, -0.15) is 0 Å². The summed E-state index contributed by atoms with van der Waals surface area (Å²) < 4.78 is 7.40. The normalized spacial score (nSPS) is 11.0. The number of nitrogens with zero attached hydrogens (tertiary/aromatic N) is 3. The molecule has 0 aliphatic heterocycles. The molecule has 0 aliphatic rings. The van der Waals surface area contributed by atoms with Crippen molar-refractivity contribution in [1.82, 2.24) is 14.4 Å². The molecular formula is C28H23N3O4. The molecule has 0 unspecified atom stereocenters. The third-order valence-corrected chi connectivity index (χ3v) is 5.60. The number of esters is 1. The van der Waals surface area contributed by atoms with Gasteiger partial charge in [-0.1, -0.05) is 54.6 Å². The summed E-state index contributed by atoms with van der Waals surface area (Å²) in [6.45, 7) is 1.35. The van der Waals surface area contributed by atoms with Gasteiger partial charge in [0.05, 0.1) is 11.4 Å². The maximum Gasteiger partial charge on any atom is 0.309 e. The number of imidazole rings is 1. The molecule has 0 atom stereocenters. The summed E-state index contributed by atoms with van der Waals surface area (Å²) in [5.41, 5.74) is 5.18. The van der Waals surface area contributed by atoms with E-state index in [9.17, 15) is 15.0 Å². The predicted octanol–water partition coefficient (Wildman–Crippen LogP) is 4.91. The molecule has 0 fully saturated rings. The predicted molar refractivity (Wildman–Crippen MR) is 132 cm³/mol. The van der Waals surface area contributed by atoms with E-state index >= 15 is 0 Å². The van der Waals surface area contributed by atoms with Crippen LogP contribution < -0.4 is 4.74 Å². The van der Waals surface area contributed by atoms with Crippen molar-refractivity contribution in [2.24, 2.45) is 0 Å². The van der Waals surface area contributed by atoms with Gasteiger partial charge in [-0.25, -0.2) is 9.97 Å². The number of aromatic nitrogens is 3. The van der Waals surface area contributed by atoms with Crippen LogP contribution in [-0.4, -0.2) is 30.6 Å². The summed E-state index contributed by atoms with van der Waals surface area (Å²) >= 11 is 0. The average Bonchev–Trinajstić information content (AvgIpc) is 3.18. The topological polar surface area (TPSA) is 97.0 Å². The van der Waals surface area contributed by atoms with E-state index < -0.39 is 5.97 Å². The zero-order valence-corrected chi connectivity index (χ0v) is 19.0. The van der Waals surface area contributed by atoms with Gasteiger partial charge in [0.15, 0.2) is 5.65 Å². The Morgan fingerprint density at radius 1 is 0.829 bits per heavy atom. The number of ether oxygens (including phenoxy) is 1. The summed E-state index contributed by atoms with van der Waals surface area (Å²) in [5.74, 6) is 0.166. The Balaban J connectivity index is 1.71. The number of hydrogen-bond acceptors (Lipinski definition) is 6. The molecule has 5 rings (SSSR count). The smallest absolute Gasteiger partial charge is 0.309 e. The molecule has 7 nitrogen and oxygen atoms in total. The molecule has 0 bridgehead atoms. The van der Waals surface area contributed by atoms with Crippen molar-refractivity contribution in [2.45, 2.75) is 19.8 Å². The third-order valence-electron chi connectivity index (χ3n) is 5.60. The molecule has 0 aliphatic carbocycles. The van der Waals surface area contributed by atoms with Crippen molar-refractivity contribution in [2.75, 3.05) is 0 Å². The first-order valence-corrected chi connectivity index (χ1v) is 11.2. The van der Waals surface area contributed by atoms with E-state index in [2.05, 4.69) is 0 Å². The van der Waals surface area contributed by atoms with Crippen LogP contribution in [0.5, 0.6) is 17.4 Å². The van der Waals surface area contributed by atoms with Crippen molar-refractivity contribution in [3.63, 3.8) is 0 Å². The van der Waals surface area contributed by atoms with Gasteiger partial charge in [0.25, 0.3) is 0 Å². The Labute approximate surface area is 201 Å². The van der Waals surface area contributed by atoms with Crippen LogP contribution in [0.15, 0.2) is 85.1 Å². The van der Waals surface area contributed by atoms with Crippen LogP contribution in [0.3, 0.4) is 0 Å². The van der Waals surface area contributed by atoms with E-state index in [0.717, 1.165) is 16.7 Å². The van der Waals surface area contributed by atoms with Crippen molar-refractivity contribution >= 4 is 11.6 Å². The number of hydrogen-bond donors (Lipinski definition) is 2. The first-order valence-electron chi connectivity index (χ1n) is 11.2. The summed E-state index contributed by atoms with van der Waals surface area (Å²) in [6.07, 6.45) is 2.69. The summed E-state index contributed by atoms with van der Waals surface area (Å²) in [7, 11) is 0. The molecule has 5 aromatic rings. The summed E-state index contributed by atoms with van der Waals surface area (Å²) in [6, 6.07) is 23.6. The van der Waals surface area contributed by atoms with Crippen LogP contribution in [0.4, 0.5) is 0 Å². The Morgan fingerprint density at radius 2 is 1.54 bits per heavy atom. The zero-order valence-electron chi connectivity index (χ0n) is 19.0. The monoisotopic (exact) mass is 465 g/mol. The molecule has 2 heterocycles. The largest absolute Gasteiger partial charge is 0.508 e. The second-order valence-corrected chi connectivity index (χ2v) is 8.28. The van der Waals surface area contributed by atoms with E-state index in [1.54, 1.807) is 53.1 Å². The minimum Gasteiger partial charge on any atom is -0.508 e. The van der Waals surface area contributed by atoms with E-state index in [4.69, 9.17) is 14.7 Å². The molecule has 0 spiro atoms. The van der Waals surface area contributed by atoms with Crippen molar-refractivity contribution in [3.05, 3.63) is 108 Å². The highest BCUT2D eigenvalue weighted by Gasteiger charge is 2.21. The zero-order chi connectivity index (χ0) is 24.4. The molecular weight excluding hydrogens is 442 g/mol. The second kappa shape index (κ2) is 9.30. The van der Waals surface area contributed by atoms with Gasteiger partial charge in [-0.3, -0.25) is 9.20 Å². The molecule has 0 saturated heterocycles. The summed E-state index contributed by atoms with van der Waals surface area (Å²) in [5, 5.41) is 19.6. The highest BCUT2D eigenvalue weighted by molar-refractivity contribution is 5.71. The molecule has 2 N–H and O–H groups in total. The van der Waals surface area contributed by atoms with Gasteiger partial charge in [-0.15, -0.1) is 0 Å². The minimum absolute atomic E-state index is 0.132. The number of phenols is 2. The van der Waals surface area contributed by atoms with Gasteiger partial charge in [-0.05, 0) is 35.4 Å². The lowest BCUT2D eigenvalue weighted by Crippen LogP contribution is -2.07. The van der Waals surface area contributed by atoms with Gasteiger partial charge >= 0.3 is 5.97 Å². The lowest BCUT2D eigenvalue weighted by atomic mass is 10.1. The van der Waals surface area contributed by atoms with Crippen LogP contribution in [0.25, 0.3) is 16.9 Å². The lowest BCUT2D eigenvalue weighted by molar-refractivity contribution is -0.132. The maximum atomic E-state index is 12.0. The molecule has 0 saturated carbocycles. The highest BCUT2D eigenvalue weighted by Crippen LogP contribution is 2.30. The highest BCUT2D eigenvalue weighted by atomic mass is 16.5. The Hall–Kier alpha value is -4.65. The number of carbonyl (C=O) groups excluding carboxylic acids is 1. The van der Waals surface area contributed by atoms with Crippen molar-refractivity contribution in [3.8, 4) is 28.6 Å². The molecule has 2 aromatic heterocycles. The first kappa shape index (κ1) is 22.2. The number of phenolic OH excluding ortho intramolecular Hbond substituents is 2. The Kier molecular flexibility index (Phi) is 5.89.